The van der Waals surface area contributed by atoms with Crippen molar-refractivity contribution in [1.29, 1.82) is 0 Å². The van der Waals surface area contributed by atoms with Gasteiger partial charge in [0.05, 0.1) is 18.5 Å². The number of aromatic nitrogens is 1. The predicted octanol–water partition coefficient (Wildman–Crippen LogP) is 4.62. The fraction of sp³-hybridized carbons (Fsp3) is 0.267. The molecule has 11 heteroatoms. The lowest BCUT2D eigenvalue weighted by Gasteiger charge is -2.21. The van der Waals surface area contributed by atoms with E-state index in [1.54, 1.807) is 13.2 Å². The van der Waals surface area contributed by atoms with Gasteiger partial charge in [0, 0.05) is 42.5 Å². The van der Waals surface area contributed by atoms with Crippen molar-refractivity contribution < 1.29 is 33.8 Å². The minimum absolute atomic E-state index is 0.565. The van der Waals surface area contributed by atoms with Crippen LogP contribution in [0.25, 0.3) is 11.0 Å². The van der Waals surface area contributed by atoms with Gasteiger partial charge in [-0.3, -0.25) is 19.5 Å². The number of rotatable bonds is 11. The Morgan fingerprint density at radius 2 is 1.61 bits per heavy atom. The number of hydrogen-bond donors (Lipinski definition) is 3. The number of likely N-dealkylation sites (N-methyl/N-ethyl adjacent to an activating group) is 1. The fourth-order valence-electron chi connectivity index (χ4n) is 4.28. The summed E-state index contributed by atoms with van der Waals surface area (Å²) < 4.78 is 11.3. The number of hydrogen-bond acceptors (Lipinski definition) is 7. The number of benzene rings is 2. The Balaban J connectivity index is 0.000000587. The number of methoxy groups -OCH3 is 1. The first-order chi connectivity index (χ1) is 19.6. The van der Waals surface area contributed by atoms with Crippen LogP contribution in [0.1, 0.15) is 23.3 Å². The van der Waals surface area contributed by atoms with Gasteiger partial charge < -0.3 is 30.0 Å². The van der Waals surface area contributed by atoms with Gasteiger partial charge in [0.15, 0.2) is 0 Å². The normalized spacial score (nSPS) is 10.6. The average molecular weight is 563 g/mol. The SMILES string of the molecule is COc1cccc(N(C(N)=O)c2ccc3oc(C)c(CCN(C)CCc4ccncc4)c3c2)c1.O=C(O)CC(=O)O. The van der Waals surface area contributed by atoms with Crippen LogP contribution >= 0.6 is 0 Å². The summed E-state index contributed by atoms with van der Waals surface area (Å²) in [6, 6.07) is 16.5. The minimum Gasteiger partial charge on any atom is -0.497 e. The number of aryl methyl sites for hydroxylation is 1. The number of furan rings is 1. The van der Waals surface area contributed by atoms with Crippen LogP contribution in [0, 0.1) is 6.92 Å². The zero-order valence-electron chi connectivity index (χ0n) is 23.2. The number of carbonyl (C=O) groups is 3. The Morgan fingerprint density at radius 1 is 0.951 bits per heavy atom. The van der Waals surface area contributed by atoms with E-state index in [1.165, 1.54) is 10.5 Å². The molecule has 2 aromatic heterocycles. The van der Waals surface area contributed by atoms with Gasteiger partial charge in [-0.15, -0.1) is 0 Å². The number of ether oxygens (including phenoxy) is 1. The van der Waals surface area contributed by atoms with E-state index < -0.39 is 24.4 Å². The molecule has 0 fully saturated rings. The molecule has 2 aromatic carbocycles. The maximum absolute atomic E-state index is 12.4. The molecule has 2 heterocycles. The number of anilines is 2. The number of carbonyl (C=O) groups excluding carboxylic acids is 1. The number of fused-ring (bicyclic) bond motifs is 1. The molecule has 0 aliphatic carbocycles. The average Bonchev–Trinajstić information content (AvgIpc) is 3.25. The zero-order valence-corrected chi connectivity index (χ0v) is 23.2. The van der Waals surface area contributed by atoms with Gasteiger partial charge in [-0.2, -0.15) is 0 Å². The third-order valence-corrected chi connectivity index (χ3v) is 6.34. The minimum atomic E-state index is -1.31. The summed E-state index contributed by atoms with van der Waals surface area (Å²) in [4.78, 5) is 39.1. The van der Waals surface area contributed by atoms with Crippen LogP contribution < -0.4 is 15.4 Å². The Kier molecular flexibility index (Phi) is 10.8. The van der Waals surface area contributed by atoms with Crippen LogP contribution in [-0.4, -0.2) is 65.3 Å². The van der Waals surface area contributed by atoms with E-state index in [4.69, 9.17) is 25.1 Å². The molecule has 4 N–H and O–H groups in total. The van der Waals surface area contributed by atoms with Crippen molar-refractivity contribution in [2.45, 2.75) is 26.2 Å². The quantitative estimate of drug-likeness (QED) is 0.222. The number of carboxylic acid groups (broad SMARTS) is 2. The maximum Gasteiger partial charge on any atom is 0.323 e. The van der Waals surface area contributed by atoms with E-state index >= 15 is 0 Å². The first-order valence-corrected chi connectivity index (χ1v) is 12.9. The van der Waals surface area contributed by atoms with Crippen LogP contribution in [-0.2, 0) is 22.4 Å². The molecule has 216 valence electrons. The first kappa shape index (κ1) is 30.6. The van der Waals surface area contributed by atoms with Crippen LogP contribution in [0.5, 0.6) is 5.75 Å². The molecule has 4 aromatic rings. The number of carboxylic acids is 2. The molecule has 0 saturated carbocycles. The lowest BCUT2D eigenvalue weighted by molar-refractivity contribution is -0.147. The molecule has 0 aliphatic heterocycles. The molecule has 4 rings (SSSR count). The summed E-state index contributed by atoms with van der Waals surface area (Å²) in [5, 5.41) is 16.4. The van der Waals surface area contributed by atoms with Gasteiger partial charge in [0.1, 0.15) is 23.5 Å². The van der Waals surface area contributed by atoms with E-state index in [9.17, 15) is 14.4 Å². The van der Waals surface area contributed by atoms with Crippen molar-refractivity contribution in [3.8, 4) is 5.75 Å². The van der Waals surface area contributed by atoms with Crippen LogP contribution in [0.15, 0.2) is 71.4 Å². The number of pyridine rings is 1. The van der Waals surface area contributed by atoms with Crippen molar-refractivity contribution >= 4 is 40.3 Å². The summed E-state index contributed by atoms with van der Waals surface area (Å²) in [6.07, 6.45) is 4.66. The second-order valence-electron chi connectivity index (χ2n) is 9.32. The van der Waals surface area contributed by atoms with Crippen molar-refractivity contribution in [3.05, 3.63) is 83.9 Å². The van der Waals surface area contributed by atoms with Gasteiger partial charge in [-0.05, 0) is 74.8 Å². The van der Waals surface area contributed by atoms with Crippen molar-refractivity contribution in [2.75, 3.05) is 32.1 Å². The van der Waals surface area contributed by atoms with Crippen LogP contribution in [0.3, 0.4) is 0 Å². The third-order valence-electron chi connectivity index (χ3n) is 6.34. The standard InChI is InChI=1S/C27H30N4O3.C3H4O4/c1-19-24(12-16-30(2)15-11-20-9-13-29-14-10-20)25-18-22(7-8-26(25)34-19)31(27(28)32)21-5-4-6-23(17-21)33-3;4-2(5)1-3(6)7/h4-10,13-14,17-18H,11-12,15-16H2,1-3H3,(H2,28,32);1H2,(H,4,5)(H,6,7). The molecule has 0 saturated heterocycles. The Bertz CT molecular complexity index is 1470. The van der Waals surface area contributed by atoms with Crippen LogP contribution in [0.4, 0.5) is 16.2 Å². The van der Waals surface area contributed by atoms with E-state index in [1.807, 2.05) is 55.7 Å². The Hall–Kier alpha value is -4.90. The first-order valence-electron chi connectivity index (χ1n) is 12.9. The summed E-state index contributed by atoms with van der Waals surface area (Å²) in [5.41, 5.74) is 10.3. The maximum atomic E-state index is 12.4. The Morgan fingerprint density at radius 3 is 2.22 bits per heavy atom. The van der Waals surface area contributed by atoms with Gasteiger partial charge in [-0.25, -0.2) is 4.79 Å². The van der Waals surface area contributed by atoms with Gasteiger partial charge in [0.2, 0.25) is 0 Å². The van der Waals surface area contributed by atoms with E-state index in [-0.39, 0.29) is 0 Å². The van der Waals surface area contributed by atoms with E-state index in [0.29, 0.717) is 17.1 Å². The van der Waals surface area contributed by atoms with E-state index in [2.05, 4.69) is 29.1 Å². The summed E-state index contributed by atoms with van der Waals surface area (Å²) in [7, 11) is 3.72. The molecule has 11 nitrogen and oxygen atoms in total. The highest BCUT2D eigenvalue weighted by molar-refractivity contribution is 6.00. The molecule has 0 atom stereocenters. The van der Waals surface area contributed by atoms with Crippen LogP contribution in [0.2, 0.25) is 0 Å². The fourth-order valence-corrected chi connectivity index (χ4v) is 4.28. The summed E-state index contributed by atoms with van der Waals surface area (Å²) in [6.45, 7) is 3.83. The molecule has 41 heavy (non-hydrogen) atoms. The lowest BCUT2D eigenvalue weighted by atomic mass is 10.1. The molecule has 0 unspecified atom stereocenters. The van der Waals surface area contributed by atoms with Crippen molar-refractivity contribution in [3.63, 3.8) is 0 Å². The topological polar surface area (TPSA) is 159 Å². The highest BCUT2D eigenvalue weighted by atomic mass is 16.5. The Labute approximate surface area is 237 Å². The second kappa shape index (κ2) is 14.5. The number of aliphatic carboxylic acids is 2. The summed E-state index contributed by atoms with van der Waals surface area (Å²) >= 11 is 0. The third kappa shape index (κ3) is 8.80. The predicted molar refractivity (Wildman–Crippen MR) is 155 cm³/mol. The van der Waals surface area contributed by atoms with Crippen molar-refractivity contribution in [1.82, 2.24) is 9.88 Å². The number of nitrogens with zero attached hydrogens (tertiary/aromatic N) is 3. The molecule has 0 aliphatic rings. The highest BCUT2D eigenvalue weighted by Gasteiger charge is 2.19. The monoisotopic (exact) mass is 562 g/mol. The molecule has 0 spiro atoms. The number of urea groups is 1. The lowest BCUT2D eigenvalue weighted by Crippen LogP contribution is -2.31. The second-order valence-corrected chi connectivity index (χ2v) is 9.32. The molecule has 0 bridgehead atoms. The molecular weight excluding hydrogens is 528 g/mol. The summed E-state index contributed by atoms with van der Waals surface area (Å²) in [5.74, 6) is -1.08. The smallest absolute Gasteiger partial charge is 0.323 e. The van der Waals surface area contributed by atoms with E-state index in [0.717, 1.165) is 48.2 Å². The van der Waals surface area contributed by atoms with Gasteiger partial charge in [-0.1, -0.05) is 6.07 Å². The number of primary amides is 1. The number of amides is 2. The molecule has 2 amide bonds. The molecular formula is C30H34N4O7. The van der Waals surface area contributed by atoms with Gasteiger partial charge in [0.25, 0.3) is 0 Å². The molecule has 0 radical (unpaired) electrons. The number of nitrogens with two attached hydrogens (primary N) is 1. The highest BCUT2D eigenvalue weighted by Crippen LogP contribution is 2.34. The largest absolute Gasteiger partial charge is 0.497 e. The van der Waals surface area contributed by atoms with Crippen molar-refractivity contribution in [2.24, 2.45) is 5.73 Å². The zero-order chi connectivity index (χ0) is 29.9. The van der Waals surface area contributed by atoms with Gasteiger partial charge >= 0.3 is 18.0 Å².